The molecule has 0 atom stereocenters. The average molecular weight is 514 g/mol. The molecule has 0 saturated carbocycles. The van der Waals surface area contributed by atoms with Crippen LogP contribution in [0.15, 0.2) is 72.8 Å². The van der Waals surface area contributed by atoms with E-state index < -0.39 is 0 Å². The van der Waals surface area contributed by atoms with Crippen LogP contribution in [0.25, 0.3) is 21.9 Å². The first-order valence-corrected chi connectivity index (χ1v) is 13.8. The highest BCUT2D eigenvalue weighted by molar-refractivity contribution is 6.30. The van der Waals surface area contributed by atoms with Gasteiger partial charge in [-0.2, -0.15) is 0 Å². The number of methoxy groups -OCH3 is 1. The smallest absolute Gasteiger partial charge is 0.119 e. The third-order valence-corrected chi connectivity index (χ3v) is 7.74. The van der Waals surface area contributed by atoms with Crippen LogP contribution >= 0.6 is 11.6 Å². The quantitative estimate of drug-likeness (QED) is 0.225. The largest absolute Gasteiger partial charge is 0.497 e. The minimum Gasteiger partial charge on any atom is -0.497 e. The van der Waals surface area contributed by atoms with Crippen LogP contribution in [0.5, 0.6) is 11.5 Å². The van der Waals surface area contributed by atoms with Crippen molar-refractivity contribution in [2.24, 2.45) is 0 Å². The van der Waals surface area contributed by atoms with Gasteiger partial charge in [0.25, 0.3) is 0 Å². The van der Waals surface area contributed by atoms with Gasteiger partial charge in [-0.25, -0.2) is 0 Å². The Morgan fingerprint density at radius 3 is 2.32 bits per heavy atom. The molecule has 0 spiro atoms. The molecule has 0 aliphatic carbocycles. The number of rotatable bonds is 9. The van der Waals surface area contributed by atoms with E-state index >= 15 is 0 Å². The standard InChI is InChI=1S/C33H36ClNO2/c1-3-25-22-27(34)10-15-30(25)32-14-9-26-23-29(36-2)13-16-31(26)33(32)21-24-7-11-28(12-8-24)37-20-19-35-17-5-4-6-18-35/h7-16,22-23H,3-6,17-21H2,1-2H3. The average Bonchev–Trinajstić information content (AvgIpc) is 2.94. The van der Waals surface area contributed by atoms with E-state index in [4.69, 9.17) is 21.1 Å². The van der Waals surface area contributed by atoms with Crippen LogP contribution in [0.4, 0.5) is 0 Å². The van der Waals surface area contributed by atoms with Gasteiger partial charge >= 0.3 is 0 Å². The number of halogens is 1. The zero-order valence-corrected chi connectivity index (χ0v) is 22.7. The minimum atomic E-state index is 0.741. The van der Waals surface area contributed by atoms with Crippen LogP contribution in [0.3, 0.4) is 0 Å². The topological polar surface area (TPSA) is 21.7 Å². The fourth-order valence-corrected chi connectivity index (χ4v) is 5.64. The van der Waals surface area contributed by atoms with Crippen LogP contribution in [-0.4, -0.2) is 38.3 Å². The summed E-state index contributed by atoms with van der Waals surface area (Å²) in [7, 11) is 1.72. The van der Waals surface area contributed by atoms with Gasteiger partial charge in [0.2, 0.25) is 0 Å². The number of hydrogen-bond acceptors (Lipinski definition) is 3. The second-order valence-corrected chi connectivity index (χ2v) is 10.3. The van der Waals surface area contributed by atoms with E-state index in [1.54, 1.807) is 7.11 Å². The van der Waals surface area contributed by atoms with Crippen LogP contribution in [0.2, 0.25) is 5.02 Å². The summed E-state index contributed by atoms with van der Waals surface area (Å²) in [4.78, 5) is 2.51. The number of benzene rings is 4. The van der Waals surface area contributed by atoms with Gasteiger partial charge in [0, 0.05) is 11.6 Å². The van der Waals surface area contributed by atoms with Gasteiger partial charge in [-0.1, -0.05) is 61.3 Å². The highest BCUT2D eigenvalue weighted by atomic mass is 35.5. The summed E-state index contributed by atoms with van der Waals surface area (Å²) in [6.07, 6.45) is 5.75. The lowest BCUT2D eigenvalue weighted by Gasteiger charge is -2.26. The van der Waals surface area contributed by atoms with Crippen molar-refractivity contribution in [3.63, 3.8) is 0 Å². The Morgan fingerprint density at radius 1 is 0.811 bits per heavy atom. The summed E-state index contributed by atoms with van der Waals surface area (Å²) < 4.78 is 11.6. The van der Waals surface area contributed by atoms with Crippen LogP contribution in [0, 0.1) is 0 Å². The van der Waals surface area contributed by atoms with Crippen molar-refractivity contribution in [2.75, 3.05) is 33.4 Å². The SMILES string of the molecule is CCc1cc(Cl)ccc1-c1ccc2cc(OC)ccc2c1Cc1ccc(OCCN2CCCCC2)cc1. The molecule has 0 bridgehead atoms. The first-order valence-electron chi connectivity index (χ1n) is 13.5. The monoisotopic (exact) mass is 513 g/mol. The van der Waals surface area contributed by atoms with E-state index in [0.29, 0.717) is 0 Å². The lowest BCUT2D eigenvalue weighted by atomic mass is 9.88. The molecule has 1 saturated heterocycles. The van der Waals surface area contributed by atoms with E-state index in [9.17, 15) is 0 Å². The Labute approximate surface area is 226 Å². The molecule has 0 radical (unpaired) electrons. The van der Waals surface area contributed by atoms with E-state index in [1.807, 2.05) is 6.07 Å². The van der Waals surface area contributed by atoms with Crippen molar-refractivity contribution >= 4 is 22.4 Å². The van der Waals surface area contributed by atoms with E-state index in [1.165, 1.54) is 70.9 Å². The fraction of sp³-hybridized carbons (Fsp3) is 0.333. The molecule has 1 heterocycles. The second-order valence-electron chi connectivity index (χ2n) is 9.91. The van der Waals surface area contributed by atoms with Gasteiger partial charge in [0.1, 0.15) is 18.1 Å². The first-order chi connectivity index (χ1) is 18.1. The summed E-state index contributed by atoms with van der Waals surface area (Å²) in [5.41, 5.74) is 6.35. The molecule has 0 amide bonds. The molecule has 192 valence electrons. The normalized spacial score (nSPS) is 14.1. The van der Waals surface area contributed by atoms with Gasteiger partial charge < -0.3 is 9.47 Å². The van der Waals surface area contributed by atoms with Gasteiger partial charge in [0.05, 0.1) is 7.11 Å². The molecule has 1 aliphatic rings. The third kappa shape index (κ3) is 6.11. The maximum absolute atomic E-state index is 6.35. The molecule has 3 nitrogen and oxygen atoms in total. The number of likely N-dealkylation sites (tertiary alicyclic amines) is 1. The molecule has 4 aromatic rings. The molecule has 4 aromatic carbocycles. The zero-order chi connectivity index (χ0) is 25.6. The van der Waals surface area contributed by atoms with Crippen molar-refractivity contribution < 1.29 is 9.47 Å². The Kier molecular flexibility index (Phi) is 8.33. The number of ether oxygens (including phenoxy) is 2. The van der Waals surface area contributed by atoms with Gasteiger partial charge in [-0.05, 0) is 114 Å². The van der Waals surface area contributed by atoms with Crippen LogP contribution in [-0.2, 0) is 12.8 Å². The van der Waals surface area contributed by atoms with Crippen LogP contribution < -0.4 is 9.47 Å². The maximum atomic E-state index is 6.35. The third-order valence-electron chi connectivity index (χ3n) is 7.51. The zero-order valence-electron chi connectivity index (χ0n) is 21.9. The first kappa shape index (κ1) is 25.6. The van der Waals surface area contributed by atoms with Crippen LogP contribution in [0.1, 0.15) is 42.9 Å². The molecule has 37 heavy (non-hydrogen) atoms. The number of piperidine rings is 1. The Morgan fingerprint density at radius 2 is 1.57 bits per heavy atom. The molecule has 1 fully saturated rings. The van der Waals surface area contributed by atoms with Crippen molar-refractivity contribution in [2.45, 2.75) is 39.0 Å². The highest BCUT2D eigenvalue weighted by Crippen LogP contribution is 2.36. The summed E-state index contributed by atoms with van der Waals surface area (Å²) in [5.74, 6) is 1.81. The van der Waals surface area contributed by atoms with E-state index in [0.717, 1.165) is 42.5 Å². The molecule has 4 heteroatoms. The predicted molar refractivity (Wildman–Crippen MR) is 155 cm³/mol. The summed E-state index contributed by atoms with van der Waals surface area (Å²) in [6.45, 7) is 6.34. The van der Waals surface area contributed by atoms with Gasteiger partial charge in [0.15, 0.2) is 0 Å². The van der Waals surface area contributed by atoms with E-state index in [2.05, 4.69) is 78.6 Å². The summed E-state index contributed by atoms with van der Waals surface area (Å²) >= 11 is 6.35. The molecule has 0 N–H and O–H groups in total. The number of fused-ring (bicyclic) bond motifs is 1. The second kappa shape index (κ2) is 12.0. The summed E-state index contributed by atoms with van der Waals surface area (Å²) in [5, 5.41) is 3.21. The number of nitrogens with zero attached hydrogens (tertiary/aromatic N) is 1. The van der Waals surface area contributed by atoms with Gasteiger partial charge in [-0.3, -0.25) is 4.90 Å². The minimum absolute atomic E-state index is 0.741. The summed E-state index contributed by atoms with van der Waals surface area (Å²) in [6, 6.07) is 25.7. The maximum Gasteiger partial charge on any atom is 0.119 e. The molecule has 5 rings (SSSR count). The number of hydrogen-bond donors (Lipinski definition) is 0. The Balaban J connectivity index is 1.42. The van der Waals surface area contributed by atoms with Crippen molar-refractivity contribution in [3.8, 4) is 22.6 Å². The van der Waals surface area contributed by atoms with Crippen molar-refractivity contribution in [1.82, 2.24) is 4.90 Å². The predicted octanol–water partition coefficient (Wildman–Crippen LogP) is 8.19. The lowest BCUT2D eigenvalue weighted by Crippen LogP contribution is -2.33. The number of aryl methyl sites for hydroxylation is 1. The molecular formula is C33H36ClNO2. The Bertz CT molecular complexity index is 1340. The van der Waals surface area contributed by atoms with Crippen molar-refractivity contribution in [1.29, 1.82) is 0 Å². The molecule has 0 unspecified atom stereocenters. The Hall–Kier alpha value is -3.01. The van der Waals surface area contributed by atoms with Crippen molar-refractivity contribution in [3.05, 3.63) is 94.5 Å². The fourth-order valence-electron chi connectivity index (χ4n) is 5.44. The molecule has 1 aliphatic heterocycles. The van der Waals surface area contributed by atoms with Gasteiger partial charge in [-0.15, -0.1) is 0 Å². The lowest BCUT2D eigenvalue weighted by molar-refractivity contribution is 0.183. The van der Waals surface area contributed by atoms with E-state index in [-0.39, 0.29) is 0 Å². The molecular weight excluding hydrogens is 478 g/mol. The molecule has 0 aromatic heterocycles. The highest BCUT2D eigenvalue weighted by Gasteiger charge is 2.15.